The molecule has 4 rings (SSSR count). The second kappa shape index (κ2) is 9.78. The molecule has 172 valence electrons. The van der Waals surface area contributed by atoms with E-state index in [4.69, 9.17) is 9.47 Å². The van der Waals surface area contributed by atoms with Crippen LogP contribution in [0.5, 0.6) is 11.5 Å². The number of benzene rings is 3. The Morgan fingerprint density at radius 3 is 2.39 bits per heavy atom. The fourth-order valence-corrected chi connectivity index (χ4v) is 5.65. The number of nitrogens with one attached hydrogen (secondary N) is 1. The Labute approximate surface area is 196 Å². The fraction of sp³-hybridized carbons (Fsp3) is 0.208. The van der Waals surface area contributed by atoms with E-state index in [1.165, 1.54) is 6.07 Å². The molecule has 0 aliphatic rings. The van der Waals surface area contributed by atoms with Gasteiger partial charge in [-0.15, -0.1) is 0 Å². The Morgan fingerprint density at radius 2 is 1.70 bits per heavy atom. The summed E-state index contributed by atoms with van der Waals surface area (Å²) in [6, 6.07) is 21.0. The van der Waals surface area contributed by atoms with E-state index in [9.17, 15) is 13.2 Å². The minimum atomic E-state index is -3.78. The number of methoxy groups -OCH3 is 1. The maximum atomic E-state index is 12.9. The van der Waals surface area contributed by atoms with Crippen LogP contribution in [0.15, 0.2) is 82.5 Å². The van der Waals surface area contributed by atoms with E-state index in [1.807, 2.05) is 30.3 Å². The number of aromatic nitrogens is 1. The summed E-state index contributed by atoms with van der Waals surface area (Å²) in [7, 11) is -2.20. The van der Waals surface area contributed by atoms with Crippen LogP contribution in [0.4, 0.5) is 0 Å². The predicted molar refractivity (Wildman–Crippen MR) is 130 cm³/mol. The van der Waals surface area contributed by atoms with Crippen molar-refractivity contribution in [3.8, 4) is 11.5 Å². The van der Waals surface area contributed by atoms with Crippen LogP contribution in [0.25, 0.3) is 10.2 Å². The first kappa shape index (κ1) is 23.0. The smallest absolute Gasteiger partial charge is 0.308 e. The highest BCUT2D eigenvalue weighted by atomic mass is 32.2. The zero-order valence-electron chi connectivity index (χ0n) is 18.2. The molecule has 0 fully saturated rings. The number of hydrogen-bond acceptors (Lipinski definition) is 6. The van der Waals surface area contributed by atoms with Crippen LogP contribution in [0.3, 0.4) is 0 Å². The standard InChI is InChI=1S/C24H24N2O5S2/c1-17(16-31-20-10-8-19(30-2)9-11-20)25-33(28,29)21-12-13-22-23(14-21)32-24(27)26(22)15-18-6-4-3-5-7-18/h3-14,17,25H,15-16H2,1-2H3/t17-/m1/s1. The average molecular weight is 485 g/mol. The second-order valence-corrected chi connectivity index (χ2v) is 10.3. The summed E-state index contributed by atoms with van der Waals surface area (Å²) in [5, 5.41) is 0. The van der Waals surface area contributed by atoms with Crippen LogP contribution in [-0.4, -0.2) is 32.7 Å². The molecule has 1 atom stereocenters. The van der Waals surface area contributed by atoms with Crippen LogP contribution in [0.1, 0.15) is 12.5 Å². The largest absolute Gasteiger partial charge is 0.497 e. The van der Waals surface area contributed by atoms with Gasteiger partial charge in [-0.2, -0.15) is 0 Å². The van der Waals surface area contributed by atoms with Crippen molar-refractivity contribution in [1.29, 1.82) is 0 Å². The lowest BCUT2D eigenvalue weighted by Crippen LogP contribution is -2.36. The van der Waals surface area contributed by atoms with Gasteiger partial charge in [-0.25, -0.2) is 13.1 Å². The second-order valence-electron chi connectivity index (χ2n) is 7.58. The van der Waals surface area contributed by atoms with Crippen molar-refractivity contribution in [3.05, 3.63) is 88.0 Å². The van der Waals surface area contributed by atoms with Crippen LogP contribution >= 0.6 is 11.3 Å². The van der Waals surface area contributed by atoms with Gasteiger partial charge in [-0.3, -0.25) is 9.36 Å². The quantitative estimate of drug-likeness (QED) is 0.390. The number of fused-ring (bicyclic) bond motifs is 1. The molecule has 0 saturated heterocycles. The summed E-state index contributed by atoms with van der Waals surface area (Å²) < 4.78 is 41.5. The molecule has 33 heavy (non-hydrogen) atoms. The SMILES string of the molecule is COc1ccc(OC[C@@H](C)NS(=O)(=O)c2ccc3c(c2)sc(=O)n3Cc2ccccc2)cc1. The summed E-state index contributed by atoms with van der Waals surface area (Å²) in [6.07, 6.45) is 0. The van der Waals surface area contributed by atoms with Crippen molar-refractivity contribution >= 4 is 31.6 Å². The van der Waals surface area contributed by atoms with Gasteiger partial charge in [0.25, 0.3) is 0 Å². The lowest BCUT2D eigenvalue weighted by Gasteiger charge is -2.15. The Morgan fingerprint density at radius 1 is 1.00 bits per heavy atom. The third kappa shape index (κ3) is 5.44. The van der Waals surface area contributed by atoms with Gasteiger partial charge in [0.2, 0.25) is 10.0 Å². The molecule has 0 spiro atoms. The van der Waals surface area contributed by atoms with Gasteiger partial charge in [0, 0.05) is 0 Å². The molecule has 0 saturated carbocycles. The predicted octanol–water partition coefficient (Wildman–Crippen LogP) is 3.87. The first-order valence-electron chi connectivity index (χ1n) is 10.3. The normalized spacial score (nSPS) is 12.5. The van der Waals surface area contributed by atoms with Crippen LogP contribution in [-0.2, 0) is 16.6 Å². The maximum Gasteiger partial charge on any atom is 0.308 e. The first-order valence-corrected chi connectivity index (χ1v) is 12.6. The molecule has 0 radical (unpaired) electrons. The fourth-order valence-electron chi connectivity index (χ4n) is 3.39. The van der Waals surface area contributed by atoms with Gasteiger partial charge in [0.05, 0.1) is 34.8 Å². The summed E-state index contributed by atoms with van der Waals surface area (Å²) in [4.78, 5) is 12.5. The van der Waals surface area contributed by atoms with E-state index in [0.29, 0.717) is 28.3 Å². The molecule has 0 aliphatic heterocycles. The van der Waals surface area contributed by atoms with Gasteiger partial charge in [-0.05, 0) is 55.0 Å². The summed E-state index contributed by atoms with van der Waals surface area (Å²) in [5.41, 5.74) is 1.71. The zero-order valence-corrected chi connectivity index (χ0v) is 19.9. The molecule has 1 heterocycles. The number of rotatable bonds is 9. The van der Waals surface area contributed by atoms with Gasteiger partial charge < -0.3 is 9.47 Å². The molecule has 4 aromatic rings. The van der Waals surface area contributed by atoms with Crippen LogP contribution < -0.4 is 19.1 Å². The van der Waals surface area contributed by atoms with Gasteiger partial charge in [0.1, 0.15) is 18.1 Å². The van der Waals surface area contributed by atoms with E-state index >= 15 is 0 Å². The Hall–Kier alpha value is -3.14. The van der Waals surface area contributed by atoms with Crippen molar-refractivity contribution in [2.75, 3.05) is 13.7 Å². The van der Waals surface area contributed by atoms with Gasteiger partial charge in [0.15, 0.2) is 0 Å². The number of thiazole rings is 1. The van der Waals surface area contributed by atoms with Gasteiger partial charge >= 0.3 is 4.87 Å². The molecule has 0 amide bonds. The van der Waals surface area contributed by atoms with Crippen molar-refractivity contribution in [2.45, 2.75) is 24.4 Å². The molecular formula is C24H24N2O5S2. The molecular weight excluding hydrogens is 460 g/mol. The lowest BCUT2D eigenvalue weighted by molar-refractivity contribution is 0.287. The van der Waals surface area contributed by atoms with E-state index in [-0.39, 0.29) is 16.4 Å². The number of sulfonamides is 1. The van der Waals surface area contributed by atoms with E-state index in [2.05, 4.69) is 4.72 Å². The average Bonchev–Trinajstić information content (AvgIpc) is 3.12. The van der Waals surface area contributed by atoms with Gasteiger partial charge in [-0.1, -0.05) is 41.7 Å². The molecule has 1 aromatic heterocycles. The zero-order chi connectivity index (χ0) is 23.4. The molecule has 1 N–H and O–H groups in total. The Bertz CT molecular complexity index is 1390. The molecule has 3 aromatic carbocycles. The molecule has 0 unspecified atom stereocenters. The summed E-state index contributed by atoms with van der Waals surface area (Å²) in [6.45, 7) is 2.33. The summed E-state index contributed by atoms with van der Waals surface area (Å²) >= 11 is 1.04. The monoisotopic (exact) mass is 484 g/mol. The van der Waals surface area contributed by atoms with Crippen LogP contribution in [0, 0.1) is 0 Å². The van der Waals surface area contributed by atoms with E-state index < -0.39 is 16.1 Å². The van der Waals surface area contributed by atoms with Crippen molar-refractivity contribution < 1.29 is 17.9 Å². The topological polar surface area (TPSA) is 86.6 Å². The highest BCUT2D eigenvalue weighted by molar-refractivity contribution is 7.89. The number of ether oxygens (including phenoxy) is 2. The molecule has 0 aliphatic carbocycles. The van der Waals surface area contributed by atoms with Crippen molar-refractivity contribution in [2.24, 2.45) is 0 Å². The van der Waals surface area contributed by atoms with Crippen molar-refractivity contribution in [3.63, 3.8) is 0 Å². The number of nitrogens with zero attached hydrogens (tertiary/aromatic N) is 1. The highest BCUT2D eigenvalue weighted by Gasteiger charge is 2.20. The number of hydrogen-bond donors (Lipinski definition) is 1. The van der Waals surface area contributed by atoms with E-state index in [0.717, 1.165) is 16.9 Å². The molecule has 7 nitrogen and oxygen atoms in total. The van der Waals surface area contributed by atoms with E-state index in [1.54, 1.807) is 55.0 Å². The van der Waals surface area contributed by atoms with Crippen molar-refractivity contribution in [1.82, 2.24) is 9.29 Å². The third-order valence-corrected chi connectivity index (χ3v) is 7.58. The minimum Gasteiger partial charge on any atom is -0.497 e. The van der Waals surface area contributed by atoms with Crippen LogP contribution in [0.2, 0.25) is 0 Å². The molecule has 9 heteroatoms. The highest BCUT2D eigenvalue weighted by Crippen LogP contribution is 2.23. The Balaban J connectivity index is 1.47. The first-order chi connectivity index (χ1) is 15.9. The minimum absolute atomic E-state index is 0.111. The maximum absolute atomic E-state index is 12.9. The summed E-state index contributed by atoms with van der Waals surface area (Å²) in [5.74, 6) is 1.33. The third-order valence-electron chi connectivity index (χ3n) is 5.05. The molecule has 0 bridgehead atoms. The Kier molecular flexibility index (Phi) is 6.83. The lowest BCUT2D eigenvalue weighted by atomic mass is 10.2.